The molecule has 4 heteroatoms. The average molecular weight is 258 g/mol. The predicted molar refractivity (Wildman–Crippen MR) is 73.9 cm³/mol. The van der Waals surface area contributed by atoms with E-state index in [1.54, 1.807) is 4.90 Å². The number of aryl methyl sites for hydroxylation is 1. The monoisotopic (exact) mass is 258 g/mol. The van der Waals surface area contributed by atoms with Crippen LogP contribution in [0, 0.1) is 6.92 Å². The standard InChI is InChI=1S/C15H18N2O2/c1-10-12(13-4-2-3-5-14(13)16-10)6-7-17-9-11(18)8-15(17)19/h2-5,11,16,18H,6-9H2,1H3. The number of hydrogen-bond donors (Lipinski definition) is 2. The molecule has 1 aliphatic rings. The lowest BCUT2D eigenvalue weighted by Gasteiger charge is -2.15. The van der Waals surface area contributed by atoms with Crippen molar-refractivity contribution in [3.63, 3.8) is 0 Å². The van der Waals surface area contributed by atoms with E-state index < -0.39 is 6.10 Å². The summed E-state index contributed by atoms with van der Waals surface area (Å²) in [6.07, 6.45) is 0.609. The fourth-order valence-electron chi connectivity index (χ4n) is 2.87. The number of benzene rings is 1. The summed E-state index contributed by atoms with van der Waals surface area (Å²) >= 11 is 0. The van der Waals surface area contributed by atoms with E-state index in [1.807, 2.05) is 12.1 Å². The normalized spacial score (nSPS) is 19.6. The molecule has 19 heavy (non-hydrogen) atoms. The minimum Gasteiger partial charge on any atom is -0.391 e. The molecule has 1 fully saturated rings. The summed E-state index contributed by atoms with van der Waals surface area (Å²) in [5, 5.41) is 10.7. The van der Waals surface area contributed by atoms with Gasteiger partial charge in [0, 0.05) is 29.7 Å². The van der Waals surface area contributed by atoms with Crippen LogP contribution in [0.2, 0.25) is 0 Å². The number of aromatic nitrogens is 1. The van der Waals surface area contributed by atoms with Gasteiger partial charge in [-0.15, -0.1) is 0 Å². The highest BCUT2D eigenvalue weighted by Crippen LogP contribution is 2.23. The van der Waals surface area contributed by atoms with Gasteiger partial charge >= 0.3 is 0 Å². The number of carbonyl (C=O) groups is 1. The van der Waals surface area contributed by atoms with Gasteiger partial charge in [0.1, 0.15) is 0 Å². The number of aliphatic hydroxyl groups is 1. The molecule has 3 rings (SSSR count). The number of rotatable bonds is 3. The van der Waals surface area contributed by atoms with E-state index in [-0.39, 0.29) is 12.3 Å². The maximum atomic E-state index is 11.7. The van der Waals surface area contributed by atoms with Crippen molar-refractivity contribution in [2.45, 2.75) is 25.9 Å². The predicted octanol–water partition coefficient (Wildman–Crippen LogP) is 1.61. The van der Waals surface area contributed by atoms with Crippen molar-refractivity contribution in [2.24, 2.45) is 0 Å². The van der Waals surface area contributed by atoms with Gasteiger partial charge in [-0.3, -0.25) is 4.79 Å². The number of β-amino-alcohol motifs (C(OH)–C–C–N with tert-alkyl or cyclic N) is 1. The topological polar surface area (TPSA) is 56.3 Å². The molecule has 0 aliphatic carbocycles. The second-order valence-electron chi connectivity index (χ2n) is 5.22. The van der Waals surface area contributed by atoms with Crippen LogP contribution in [0.5, 0.6) is 0 Å². The number of likely N-dealkylation sites (tertiary alicyclic amines) is 1. The number of nitrogens with one attached hydrogen (secondary N) is 1. The molecule has 0 spiro atoms. The molecule has 1 aromatic carbocycles. The van der Waals surface area contributed by atoms with E-state index >= 15 is 0 Å². The first kappa shape index (κ1) is 12.2. The Morgan fingerprint density at radius 2 is 2.21 bits per heavy atom. The van der Waals surface area contributed by atoms with Gasteiger partial charge in [0.25, 0.3) is 0 Å². The van der Waals surface area contributed by atoms with Crippen molar-refractivity contribution >= 4 is 16.8 Å². The Morgan fingerprint density at radius 3 is 2.95 bits per heavy atom. The molecule has 1 aromatic heterocycles. The molecule has 2 aromatic rings. The summed E-state index contributed by atoms with van der Waals surface area (Å²) in [6.45, 7) is 3.22. The van der Waals surface area contributed by atoms with Crippen molar-refractivity contribution in [3.05, 3.63) is 35.5 Å². The molecule has 1 aliphatic heterocycles. The quantitative estimate of drug-likeness (QED) is 0.879. The summed E-state index contributed by atoms with van der Waals surface area (Å²) in [7, 11) is 0. The van der Waals surface area contributed by atoms with Gasteiger partial charge in [0.05, 0.1) is 12.5 Å². The number of para-hydroxylation sites is 1. The first-order valence-corrected chi connectivity index (χ1v) is 6.67. The molecule has 4 nitrogen and oxygen atoms in total. The SMILES string of the molecule is Cc1[nH]c2ccccc2c1CCN1CC(O)CC1=O. The Bertz CT molecular complexity index is 618. The van der Waals surface area contributed by atoms with E-state index in [0.717, 1.165) is 17.6 Å². The van der Waals surface area contributed by atoms with Gasteiger partial charge in [-0.25, -0.2) is 0 Å². The number of H-pyrrole nitrogens is 1. The van der Waals surface area contributed by atoms with Crippen molar-refractivity contribution in [1.82, 2.24) is 9.88 Å². The number of aliphatic hydroxyl groups excluding tert-OH is 1. The Labute approximate surface area is 112 Å². The molecule has 1 amide bonds. The number of nitrogens with zero attached hydrogens (tertiary/aromatic N) is 1. The summed E-state index contributed by atoms with van der Waals surface area (Å²) in [6, 6.07) is 8.22. The van der Waals surface area contributed by atoms with Crippen molar-refractivity contribution in [3.8, 4) is 0 Å². The maximum absolute atomic E-state index is 11.7. The second kappa shape index (κ2) is 4.70. The summed E-state index contributed by atoms with van der Waals surface area (Å²) in [5.41, 5.74) is 3.57. The highest BCUT2D eigenvalue weighted by Gasteiger charge is 2.27. The number of aromatic amines is 1. The Hall–Kier alpha value is -1.81. The lowest BCUT2D eigenvalue weighted by molar-refractivity contribution is -0.127. The van der Waals surface area contributed by atoms with Gasteiger partial charge < -0.3 is 15.0 Å². The average Bonchev–Trinajstić information content (AvgIpc) is 2.86. The molecular weight excluding hydrogens is 240 g/mol. The van der Waals surface area contributed by atoms with E-state index in [2.05, 4.69) is 24.0 Å². The fraction of sp³-hybridized carbons (Fsp3) is 0.400. The van der Waals surface area contributed by atoms with Gasteiger partial charge in [-0.1, -0.05) is 18.2 Å². The second-order valence-corrected chi connectivity index (χ2v) is 5.22. The minimum atomic E-state index is -0.489. The molecule has 1 atom stereocenters. The number of amides is 1. The number of fused-ring (bicyclic) bond motifs is 1. The molecule has 100 valence electrons. The van der Waals surface area contributed by atoms with Gasteiger partial charge in [0.15, 0.2) is 0 Å². The van der Waals surface area contributed by atoms with Crippen LogP contribution in [0.15, 0.2) is 24.3 Å². The molecule has 2 N–H and O–H groups in total. The number of hydrogen-bond acceptors (Lipinski definition) is 2. The lowest BCUT2D eigenvalue weighted by Crippen LogP contribution is -2.28. The first-order valence-electron chi connectivity index (χ1n) is 6.67. The Balaban J connectivity index is 1.78. The van der Waals surface area contributed by atoms with Gasteiger partial charge in [-0.2, -0.15) is 0 Å². The summed E-state index contributed by atoms with van der Waals surface area (Å²) in [4.78, 5) is 16.8. The third-order valence-electron chi connectivity index (χ3n) is 3.85. The highest BCUT2D eigenvalue weighted by molar-refractivity contribution is 5.84. The zero-order valence-electron chi connectivity index (χ0n) is 11.0. The Morgan fingerprint density at radius 1 is 1.42 bits per heavy atom. The van der Waals surface area contributed by atoms with E-state index in [1.165, 1.54) is 10.9 Å². The zero-order valence-corrected chi connectivity index (χ0v) is 11.0. The van der Waals surface area contributed by atoms with Crippen LogP contribution in [0.25, 0.3) is 10.9 Å². The van der Waals surface area contributed by atoms with E-state index in [4.69, 9.17) is 0 Å². The zero-order chi connectivity index (χ0) is 13.4. The molecule has 1 unspecified atom stereocenters. The smallest absolute Gasteiger partial charge is 0.225 e. The third-order valence-corrected chi connectivity index (χ3v) is 3.85. The largest absolute Gasteiger partial charge is 0.391 e. The van der Waals surface area contributed by atoms with Crippen LogP contribution >= 0.6 is 0 Å². The lowest BCUT2D eigenvalue weighted by atomic mass is 10.1. The molecule has 1 saturated heterocycles. The van der Waals surface area contributed by atoms with Crippen molar-refractivity contribution < 1.29 is 9.90 Å². The Kier molecular flexibility index (Phi) is 3.03. The summed E-state index contributed by atoms with van der Waals surface area (Å²) < 4.78 is 0. The van der Waals surface area contributed by atoms with E-state index in [0.29, 0.717) is 13.1 Å². The van der Waals surface area contributed by atoms with Crippen LogP contribution < -0.4 is 0 Å². The van der Waals surface area contributed by atoms with Crippen LogP contribution in [0.1, 0.15) is 17.7 Å². The van der Waals surface area contributed by atoms with Gasteiger partial charge in [-0.05, 0) is 25.0 Å². The molecule has 0 radical (unpaired) electrons. The first-order chi connectivity index (χ1) is 9.15. The molecule has 0 saturated carbocycles. The van der Waals surface area contributed by atoms with Gasteiger partial charge in [0.2, 0.25) is 5.91 Å². The summed E-state index contributed by atoms with van der Waals surface area (Å²) in [5.74, 6) is 0.0602. The number of carbonyl (C=O) groups excluding carboxylic acids is 1. The van der Waals surface area contributed by atoms with Crippen LogP contribution in [-0.4, -0.2) is 40.1 Å². The van der Waals surface area contributed by atoms with E-state index in [9.17, 15) is 9.90 Å². The maximum Gasteiger partial charge on any atom is 0.225 e. The minimum absolute atomic E-state index is 0.0602. The third kappa shape index (κ3) is 2.24. The molecule has 2 heterocycles. The molecule has 0 bridgehead atoms. The van der Waals surface area contributed by atoms with Crippen LogP contribution in [0.4, 0.5) is 0 Å². The van der Waals surface area contributed by atoms with Crippen LogP contribution in [0.3, 0.4) is 0 Å². The van der Waals surface area contributed by atoms with Crippen molar-refractivity contribution in [2.75, 3.05) is 13.1 Å². The molecular formula is C15H18N2O2. The highest BCUT2D eigenvalue weighted by atomic mass is 16.3. The fourth-order valence-corrected chi connectivity index (χ4v) is 2.87. The van der Waals surface area contributed by atoms with Crippen molar-refractivity contribution in [1.29, 1.82) is 0 Å². The van der Waals surface area contributed by atoms with Crippen LogP contribution in [-0.2, 0) is 11.2 Å².